The van der Waals surface area contributed by atoms with Gasteiger partial charge >= 0.3 is 5.97 Å². The molecule has 0 radical (unpaired) electrons. The number of aromatic nitrogens is 1. The molecule has 2 rings (SSSR count). The van der Waals surface area contributed by atoms with Gasteiger partial charge in [0.05, 0.1) is 12.8 Å². The van der Waals surface area contributed by atoms with Gasteiger partial charge in [-0.25, -0.2) is 9.78 Å². The number of methoxy groups -OCH3 is 1. The van der Waals surface area contributed by atoms with Crippen molar-refractivity contribution in [1.82, 2.24) is 10.3 Å². The summed E-state index contributed by atoms with van der Waals surface area (Å²) in [5.74, 6) is -0.0609. The number of rotatable bonds is 8. The molecule has 1 N–H and O–H groups in total. The molecule has 0 atom stereocenters. The van der Waals surface area contributed by atoms with Gasteiger partial charge in [0.2, 0.25) is 0 Å². The molecular weight excluding hydrogens is 352 g/mol. The van der Waals surface area contributed by atoms with Gasteiger partial charge in [-0.3, -0.25) is 4.79 Å². The number of aryl methyl sites for hydroxylation is 1. The van der Waals surface area contributed by atoms with Gasteiger partial charge in [0.1, 0.15) is 15.6 Å². The summed E-state index contributed by atoms with van der Waals surface area (Å²) in [6, 6.07) is 7.55. The molecule has 1 aromatic carbocycles. The molecule has 26 heavy (non-hydrogen) atoms. The average Bonchev–Trinajstić information content (AvgIpc) is 3.06. The lowest BCUT2D eigenvalue weighted by molar-refractivity contribution is -0.125. The lowest BCUT2D eigenvalue weighted by atomic mass is 10.2. The van der Waals surface area contributed by atoms with Crippen LogP contribution in [0.3, 0.4) is 0 Å². The number of hydrogen-bond donors (Lipinski definition) is 1. The van der Waals surface area contributed by atoms with E-state index in [9.17, 15) is 9.59 Å². The number of thiazole rings is 1. The van der Waals surface area contributed by atoms with Crippen LogP contribution in [-0.2, 0) is 9.53 Å². The third-order valence-electron chi connectivity index (χ3n) is 4.00. The first-order valence-electron chi connectivity index (χ1n) is 8.56. The fraction of sp³-hybridized carbons (Fsp3) is 0.421. The van der Waals surface area contributed by atoms with E-state index in [2.05, 4.69) is 10.3 Å². The molecule has 140 valence electrons. The highest BCUT2D eigenvalue weighted by Crippen LogP contribution is 2.29. The Kier molecular flexibility index (Phi) is 7.15. The highest BCUT2D eigenvalue weighted by Gasteiger charge is 2.19. The Morgan fingerprint density at radius 2 is 1.85 bits per heavy atom. The molecule has 6 nitrogen and oxygen atoms in total. The van der Waals surface area contributed by atoms with E-state index >= 15 is 0 Å². The van der Waals surface area contributed by atoms with Crippen LogP contribution in [-0.4, -0.2) is 36.6 Å². The number of esters is 1. The molecule has 7 heteroatoms. The van der Waals surface area contributed by atoms with Gasteiger partial charge in [0, 0.05) is 11.6 Å². The number of benzene rings is 1. The fourth-order valence-electron chi connectivity index (χ4n) is 2.40. The first-order valence-corrected chi connectivity index (χ1v) is 9.38. The number of nitrogens with one attached hydrogen (secondary N) is 1. The highest BCUT2D eigenvalue weighted by molar-refractivity contribution is 7.17. The summed E-state index contributed by atoms with van der Waals surface area (Å²) < 4.78 is 10.3. The maximum atomic E-state index is 12.3. The number of amides is 1. The minimum absolute atomic E-state index is 0.105. The predicted octanol–water partition coefficient (Wildman–Crippen LogP) is 3.59. The second-order valence-electron chi connectivity index (χ2n) is 5.82. The Bertz CT molecular complexity index is 751. The van der Waals surface area contributed by atoms with Crippen LogP contribution in [0.25, 0.3) is 10.6 Å². The van der Waals surface area contributed by atoms with Crippen LogP contribution >= 0.6 is 11.3 Å². The van der Waals surface area contributed by atoms with Crippen LogP contribution in [0.4, 0.5) is 0 Å². The van der Waals surface area contributed by atoms with E-state index in [4.69, 9.17) is 9.47 Å². The van der Waals surface area contributed by atoms with Crippen LogP contribution in [0.1, 0.15) is 42.1 Å². The van der Waals surface area contributed by atoms with Crippen molar-refractivity contribution in [2.45, 2.75) is 39.7 Å². The fourth-order valence-corrected chi connectivity index (χ4v) is 3.37. The maximum Gasteiger partial charge on any atom is 0.350 e. The van der Waals surface area contributed by atoms with E-state index in [0.717, 1.165) is 29.2 Å². The van der Waals surface area contributed by atoms with Crippen molar-refractivity contribution >= 4 is 23.2 Å². The topological polar surface area (TPSA) is 77.5 Å². The summed E-state index contributed by atoms with van der Waals surface area (Å²) >= 11 is 1.25. The highest BCUT2D eigenvalue weighted by atomic mass is 32.1. The van der Waals surface area contributed by atoms with Crippen LogP contribution in [0.15, 0.2) is 24.3 Å². The molecule has 0 unspecified atom stereocenters. The number of carbonyl (C=O) groups excluding carboxylic acids is 2. The van der Waals surface area contributed by atoms with E-state index in [1.54, 1.807) is 14.0 Å². The van der Waals surface area contributed by atoms with Crippen molar-refractivity contribution in [3.8, 4) is 16.3 Å². The summed E-state index contributed by atoms with van der Waals surface area (Å²) in [7, 11) is 1.61. The Morgan fingerprint density at radius 1 is 1.19 bits per heavy atom. The Balaban J connectivity index is 2.01. The standard InChI is InChI=1S/C19H24N2O4S/c1-5-14(6-2)21-16(22)11-25-19(23)17-12(3)20-18(26-17)13-7-9-15(24-4)10-8-13/h7-10,14H,5-6,11H2,1-4H3,(H,21,22). The zero-order valence-electron chi connectivity index (χ0n) is 15.5. The minimum Gasteiger partial charge on any atom is -0.497 e. The average molecular weight is 376 g/mol. The minimum atomic E-state index is -0.528. The molecule has 0 aliphatic rings. The molecule has 0 fully saturated rings. The van der Waals surface area contributed by atoms with Crippen molar-refractivity contribution in [2.24, 2.45) is 0 Å². The first-order chi connectivity index (χ1) is 12.5. The molecule has 0 bridgehead atoms. The maximum absolute atomic E-state index is 12.3. The Hall–Kier alpha value is -2.41. The summed E-state index contributed by atoms with van der Waals surface area (Å²) in [5.41, 5.74) is 1.48. The second-order valence-corrected chi connectivity index (χ2v) is 6.82. The number of hydrogen-bond acceptors (Lipinski definition) is 6. The number of carbonyl (C=O) groups is 2. The van der Waals surface area contributed by atoms with Gasteiger partial charge in [-0.1, -0.05) is 13.8 Å². The smallest absolute Gasteiger partial charge is 0.350 e. The monoisotopic (exact) mass is 376 g/mol. The van der Waals surface area contributed by atoms with E-state index in [1.165, 1.54) is 11.3 Å². The second kappa shape index (κ2) is 9.33. The molecule has 1 heterocycles. The van der Waals surface area contributed by atoms with Crippen LogP contribution in [0, 0.1) is 6.92 Å². The van der Waals surface area contributed by atoms with Crippen molar-refractivity contribution in [2.75, 3.05) is 13.7 Å². The zero-order valence-corrected chi connectivity index (χ0v) is 16.3. The van der Waals surface area contributed by atoms with Gasteiger partial charge < -0.3 is 14.8 Å². The molecule has 1 aromatic heterocycles. The van der Waals surface area contributed by atoms with Crippen molar-refractivity contribution in [1.29, 1.82) is 0 Å². The number of nitrogens with zero attached hydrogens (tertiary/aromatic N) is 1. The van der Waals surface area contributed by atoms with Crippen molar-refractivity contribution < 1.29 is 19.1 Å². The van der Waals surface area contributed by atoms with Crippen LogP contribution < -0.4 is 10.1 Å². The van der Waals surface area contributed by atoms with Crippen LogP contribution in [0.5, 0.6) is 5.75 Å². The summed E-state index contributed by atoms with van der Waals surface area (Å²) in [6.45, 7) is 5.47. The Labute approximate surface area is 157 Å². The summed E-state index contributed by atoms with van der Waals surface area (Å²) in [4.78, 5) is 29.0. The van der Waals surface area contributed by atoms with Gasteiger partial charge in [-0.15, -0.1) is 11.3 Å². The zero-order chi connectivity index (χ0) is 19.1. The predicted molar refractivity (Wildman–Crippen MR) is 102 cm³/mol. The van der Waals surface area contributed by atoms with E-state index in [0.29, 0.717) is 10.6 Å². The molecule has 1 amide bonds. The van der Waals surface area contributed by atoms with Gasteiger partial charge in [-0.05, 0) is 44.0 Å². The van der Waals surface area contributed by atoms with Crippen molar-refractivity contribution in [3.63, 3.8) is 0 Å². The van der Waals surface area contributed by atoms with E-state index in [-0.39, 0.29) is 18.6 Å². The molecular formula is C19H24N2O4S. The molecule has 2 aromatic rings. The Morgan fingerprint density at radius 3 is 2.42 bits per heavy atom. The molecule has 0 saturated carbocycles. The lowest BCUT2D eigenvalue weighted by Crippen LogP contribution is -2.36. The van der Waals surface area contributed by atoms with Crippen LogP contribution in [0.2, 0.25) is 0 Å². The third-order valence-corrected chi connectivity index (χ3v) is 5.19. The van der Waals surface area contributed by atoms with Crippen molar-refractivity contribution in [3.05, 3.63) is 34.8 Å². The van der Waals surface area contributed by atoms with Gasteiger partial charge in [0.15, 0.2) is 6.61 Å². The normalized spacial score (nSPS) is 10.7. The molecule has 0 saturated heterocycles. The largest absolute Gasteiger partial charge is 0.497 e. The quantitative estimate of drug-likeness (QED) is 0.713. The summed E-state index contributed by atoms with van der Waals surface area (Å²) in [6.07, 6.45) is 1.69. The first kappa shape index (κ1) is 19.9. The van der Waals surface area contributed by atoms with E-state index < -0.39 is 5.97 Å². The molecule has 0 spiro atoms. The molecule has 0 aliphatic heterocycles. The summed E-state index contributed by atoms with van der Waals surface area (Å²) in [5, 5.41) is 3.56. The molecule has 0 aliphatic carbocycles. The third kappa shape index (κ3) is 5.05. The SMILES string of the molecule is CCC(CC)NC(=O)COC(=O)c1sc(-c2ccc(OC)cc2)nc1C. The number of ether oxygens (including phenoxy) is 2. The van der Waals surface area contributed by atoms with Gasteiger partial charge in [0.25, 0.3) is 5.91 Å². The van der Waals surface area contributed by atoms with Gasteiger partial charge in [-0.2, -0.15) is 0 Å². The lowest BCUT2D eigenvalue weighted by Gasteiger charge is -2.14. The van der Waals surface area contributed by atoms with E-state index in [1.807, 2.05) is 38.1 Å².